The molecule has 0 radical (unpaired) electrons. The number of nitrogens with one attached hydrogen (secondary N) is 1. The van der Waals surface area contributed by atoms with Crippen molar-refractivity contribution in [3.8, 4) is 0 Å². The van der Waals surface area contributed by atoms with Crippen LogP contribution >= 0.6 is 0 Å². The van der Waals surface area contributed by atoms with Crippen molar-refractivity contribution in [1.82, 2.24) is 5.32 Å². The fourth-order valence-electron chi connectivity index (χ4n) is 3.04. The second-order valence-corrected chi connectivity index (χ2v) is 6.97. The van der Waals surface area contributed by atoms with Crippen LogP contribution < -0.4 is 5.32 Å². The van der Waals surface area contributed by atoms with E-state index in [1.807, 2.05) is 6.92 Å². The lowest BCUT2D eigenvalue weighted by Crippen LogP contribution is -2.57. The zero-order chi connectivity index (χ0) is 17.7. The van der Waals surface area contributed by atoms with Gasteiger partial charge in [-0.05, 0) is 23.0 Å². The minimum Gasteiger partial charge on any atom is -0.480 e. The van der Waals surface area contributed by atoms with Crippen molar-refractivity contribution in [3.63, 3.8) is 0 Å². The summed E-state index contributed by atoms with van der Waals surface area (Å²) in [5.74, 6) is -0.689. The molecule has 2 N–H and O–H groups in total. The molecule has 1 aliphatic heterocycles. The average Bonchev–Trinajstić information content (AvgIpc) is 2.55. The zero-order valence-corrected chi connectivity index (χ0v) is 14.7. The van der Waals surface area contributed by atoms with Crippen molar-refractivity contribution in [2.45, 2.75) is 57.4 Å². The molecule has 1 fully saturated rings. The third-order valence-corrected chi connectivity index (χ3v) is 4.80. The molecule has 1 amide bonds. The molecule has 1 aromatic carbocycles. The van der Waals surface area contributed by atoms with E-state index in [-0.39, 0.29) is 18.2 Å². The predicted octanol–water partition coefficient (Wildman–Crippen LogP) is 3.05. The summed E-state index contributed by atoms with van der Waals surface area (Å²) in [5, 5.41) is 12.2. The molecule has 0 bridgehead atoms. The fourth-order valence-corrected chi connectivity index (χ4v) is 3.04. The van der Waals surface area contributed by atoms with E-state index in [2.05, 4.69) is 43.4 Å². The summed E-state index contributed by atoms with van der Waals surface area (Å²) in [7, 11) is 0. The third-order valence-electron chi connectivity index (χ3n) is 4.80. The number of benzene rings is 1. The lowest BCUT2D eigenvalue weighted by Gasteiger charge is -2.34. The van der Waals surface area contributed by atoms with Gasteiger partial charge in [0.1, 0.15) is 5.54 Å². The number of carbonyl (C=O) groups is 2. The molecule has 0 spiro atoms. The van der Waals surface area contributed by atoms with E-state index in [1.54, 1.807) is 0 Å². The molecule has 24 heavy (non-hydrogen) atoms. The topological polar surface area (TPSA) is 75.6 Å². The van der Waals surface area contributed by atoms with Crippen LogP contribution in [0.2, 0.25) is 0 Å². The highest BCUT2D eigenvalue weighted by Crippen LogP contribution is 2.25. The number of amides is 1. The van der Waals surface area contributed by atoms with Crippen LogP contribution in [0.25, 0.3) is 0 Å². The number of carbonyl (C=O) groups excluding carboxylic acids is 1. The van der Waals surface area contributed by atoms with E-state index in [0.29, 0.717) is 32.0 Å². The molecular formula is C19H27NO4. The molecule has 1 saturated heterocycles. The number of ether oxygens (including phenoxy) is 1. The largest absolute Gasteiger partial charge is 0.480 e. The molecule has 1 atom stereocenters. The molecule has 1 aliphatic rings. The lowest BCUT2D eigenvalue weighted by molar-refractivity contribution is -0.152. The number of carboxylic acid groups (broad SMARTS) is 1. The Balaban J connectivity index is 1.98. The van der Waals surface area contributed by atoms with Crippen LogP contribution in [0.15, 0.2) is 24.3 Å². The second-order valence-electron chi connectivity index (χ2n) is 6.97. The van der Waals surface area contributed by atoms with Crippen LogP contribution in [-0.2, 0) is 14.3 Å². The highest BCUT2D eigenvalue weighted by Gasteiger charge is 2.41. The molecule has 1 unspecified atom stereocenters. The van der Waals surface area contributed by atoms with Crippen LogP contribution in [-0.4, -0.2) is 35.7 Å². The lowest BCUT2D eigenvalue weighted by atomic mass is 9.89. The Morgan fingerprint density at radius 3 is 2.17 bits per heavy atom. The highest BCUT2D eigenvalue weighted by atomic mass is 16.5. The molecule has 0 aromatic heterocycles. The van der Waals surface area contributed by atoms with E-state index in [0.717, 1.165) is 5.56 Å². The van der Waals surface area contributed by atoms with Crippen molar-refractivity contribution in [2.24, 2.45) is 0 Å². The molecular weight excluding hydrogens is 306 g/mol. The standard InChI is InChI=1S/C19H27NO4/c1-13(2)15-4-6-16(7-5-15)14(3)12-17(21)20-19(18(22)23)8-10-24-11-9-19/h4-7,13-14H,8-12H2,1-3H3,(H,20,21)(H,22,23). The van der Waals surface area contributed by atoms with Gasteiger partial charge >= 0.3 is 5.97 Å². The first kappa shape index (κ1) is 18.5. The molecule has 1 aromatic rings. The van der Waals surface area contributed by atoms with Crippen LogP contribution in [0.3, 0.4) is 0 Å². The quantitative estimate of drug-likeness (QED) is 0.839. The predicted molar refractivity (Wildman–Crippen MR) is 92.1 cm³/mol. The van der Waals surface area contributed by atoms with Gasteiger partial charge in [-0.3, -0.25) is 4.79 Å². The molecule has 0 aliphatic carbocycles. The molecule has 0 saturated carbocycles. The number of aliphatic carboxylic acids is 1. The summed E-state index contributed by atoms with van der Waals surface area (Å²) >= 11 is 0. The van der Waals surface area contributed by atoms with Gasteiger partial charge in [0, 0.05) is 32.5 Å². The van der Waals surface area contributed by atoms with Gasteiger partial charge in [-0.15, -0.1) is 0 Å². The Morgan fingerprint density at radius 2 is 1.67 bits per heavy atom. The Bertz CT molecular complexity index is 574. The maximum absolute atomic E-state index is 12.4. The zero-order valence-electron chi connectivity index (χ0n) is 14.7. The Hall–Kier alpha value is -1.88. The molecule has 132 valence electrons. The second kappa shape index (κ2) is 7.79. The molecule has 5 heteroatoms. The fraction of sp³-hybridized carbons (Fsp3) is 0.579. The summed E-state index contributed by atoms with van der Waals surface area (Å²) in [6, 6.07) is 8.28. The van der Waals surface area contributed by atoms with Crippen LogP contribution in [0, 0.1) is 0 Å². The van der Waals surface area contributed by atoms with E-state index in [9.17, 15) is 14.7 Å². The van der Waals surface area contributed by atoms with E-state index in [4.69, 9.17) is 4.74 Å². The van der Waals surface area contributed by atoms with E-state index >= 15 is 0 Å². The average molecular weight is 333 g/mol. The van der Waals surface area contributed by atoms with E-state index in [1.165, 1.54) is 5.56 Å². The van der Waals surface area contributed by atoms with Crippen LogP contribution in [0.5, 0.6) is 0 Å². The first-order valence-electron chi connectivity index (χ1n) is 8.56. The summed E-state index contributed by atoms with van der Waals surface area (Å²) in [5.41, 5.74) is 1.17. The minimum absolute atomic E-state index is 0.0388. The van der Waals surface area contributed by atoms with Crippen LogP contribution in [0.4, 0.5) is 0 Å². The maximum Gasteiger partial charge on any atom is 0.329 e. The molecule has 5 nitrogen and oxygen atoms in total. The van der Waals surface area contributed by atoms with Crippen molar-refractivity contribution in [1.29, 1.82) is 0 Å². The van der Waals surface area contributed by atoms with Gasteiger partial charge in [0.05, 0.1) is 0 Å². The Kier molecular flexibility index (Phi) is 5.99. The third kappa shape index (κ3) is 4.35. The van der Waals surface area contributed by atoms with Gasteiger partial charge in [0.2, 0.25) is 5.91 Å². The SMILES string of the molecule is CC(C)c1ccc(C(C)CC(=O)NC2(C(=O)O)CCOCC2)cc1. The van der Waals surface area contributed by atoms with Gasteiger partial charge in [0.25, 0.3) is 0 Å². The molecule has 1 heterocycles. The summed E-state index contributed by atoms with van der Waals surface area (Å²) in [4.78, 5) is 24.0. The summed E-state index contributed by atoms with van der Waals surface area (Å²) < 4.78 is 5.22. The van der Waals surface area contributed by atoms with Crippen molar-refractivity contribution in [3.05, 3.63) is 35.4 Å². The first-order chi connectivity index (χ1) is 11.3. The van der Waals surface area contributed by atoms with Crippen molar-refractivity contribution >= 4 is 11.9 Å². The van der Waals surface area contributed by atoms with Gasteiger partial charge in [0.15, 0.2) is 0 Å². The minimum atomic E-state index is -1.18. The number of hydrogen-bond donors (Lipinski definition) is 2. The summed E-state index contributed by atoms with van der Waals surface area (Å²) in [6.45, 7) is 7.00. The van der Waals surface area contributed by atoms with Gasteiger partial charge in [-0.2, -0.15) is 0 Å². The Morgan fingerprint density at radius 1 is 1.12 bits per heavy atom. The first-order valence-corrected chi connectivity index (χ1v) is 8.56. The maximum atomic E-state index is 12.4. The number of rotatable bonds is 6. The summed E-state index contributed by atoms with van der Waals surface area (Å²) in [6.07, 6.45) is 0.897. The van der Waals surface area contributed by atoms with E-state index < -0.39 is 11.5 Å². The van der Waals surface area contributed by atoms with Gasteiger partial charge in [-0.25, -0.2) is 4.79 Å². The normalized spacial score (nSPS) is 18.2. The van der Waals surface area contributed by atoms with Crippen molar-refractivity contribution in [2.75, 3.05) is 13.2 Å². The van der Waals surface area contributed by atoms with Crippen molar-refractivity contribution < 1.29 is 19.4 Å². The Labute approximate surface area is 143 Å². The number of carboxylic acids is 1. The van der Waals surface area contributed by atoms with Crippen LogP contribution in [0.1, 0.15) is 63.0 Å². The van der Waals surface area contributed by atoms with Gasteiger partial charge < -0.3 is 15.2 Å². The number of hydrogen-bond acceptors (Lipinski definition) is 3. The molecule has 2 rings (SSSR count). The monoisotopic (exact) mass is 333 g/mol. The highest BCUT2D eigenvalue weighted by molar-refractivity contribution is 5.87. The van der Waals surface area contributed by atoms with Gasteiger partial charge in [-0.1, -0.05) is 45.0 Å². The smallest absolute Gasteiger partial charge is 0.329 e.